The number of thioether (sulfide) groups is 1. The summed E-state index contributed by atoms with van der Waals surface area (Å²) in [7, 11) is 0. The standard InChI is InChI=1S/C18H24N4OS/c1-2-22-17(15-9-4-3-5-10-15)19-20-18(22)24-14-8-11-16(23)21-12-6-7-13-21/h3-5,9-10H,2,6-8,11-14H2,1H3. The largest absolute Gasteiger partial charge is 0.343 e. The molecule has 128 valence electrons. The minimum absolute atomic E-state index is 0.301. The molecule has 0 unspecified atom stereocenters. The number of carbonyl (C=O) groups is 1. The summed E-state index contributed by atoms with van der Waals surface area (Å²) >= 11 is 1.69. The predicted molar refractivity (Wildman–Crippen MR) is 96.9 cm³/mol. The molecule has 1 aliphatic rings. The van der Waals surface area contributed by atoms with Gasteiger partial charge in [0, 0.05) is 37.4 Å². The number of hydrogen-bond donors (Lipinski definition) is 0. The second kappa shape index (κ2) is 8.33. The lowest BCUT2D eigenvalue weighted by Gasteiger charge is -2.14. The summed E-state index contributed by atoms with van der Waals surface area (Å²) in [4.78, 5) is 14.0. The summed E-state index contributed by atoms with van der Waals surface area (Å²) in [6.07, 6.45) is 3.83. The van der Waals surface area contributed by atoms with Gasteiger partial charge >= 0.3 is 0 Å². The molecule has 24 heavy (non-hydrogen) atoms. The van der Waals surface area contributed by atoms with Crippen molar-refractivity contribution in [1.82, 2.24) is 19.7 Å². The Bertz CT molecular complexity index is 665. The van der Waals surface area contributed by atoms with Crippen LogP contribution in [-0.4, -0.2) is 44.4 Å². The minimum Gasteiger partial charge on any atom is -0.343 e. The quantitative estimate of drug-likeness (QED) is 0.570. The first kappa shape index (κ1) is 17.0. The molecule has 5 nitrogen and oxygen atoms in total. The molecule has 0 N–H and O–H groups in total. The Hall–Kier alpha value is -1.82. The first-order valence-electron chi connectivity index (χ1n) is 8.68. The third-order valence-electron chi connectivity index (χ3n) is 4.29. The van der Waals surface area contributed by atoms with Gasteiger partial charge in [-0.2, -0.15) is 0 Å². The SMILES string of the molecule is CCn1c(SCCCC(=O)N2CCCC2)nnc1-c1ccccc1. The van der Waals surface area contributed by atoms with Gasteiger partial charge in [0.25, 0.3) is 0 Å². The van der Waals surface area contributed by atoms with Gasteiger partial charge in [-0.25, -0.2) is 0 Å². The van der Waals surface area contributed by atoms with Crippen LogP contribution in [0.25, 0.3) is 11.4 Å². The number of nitrogens with zero attached hydrogens (tertiary/aromatic N) is 4. The van der Waals surface area contributed by atoms with E-state index in [1.807, 2.05) is 23.1 Å². The van der Waals surface area contributed by atoms with Crippen LogP contribution in [0.15, 0.2) is 35.5 Å². The zero-order valence-electron chi connectivity index (χ0n) is 14.1. The van der Waals surface area contributed by atoms with E-state index in [-0.39, 0.29) is 0 Å². The third kappa shape index (κ3) is 3.98. The van der Waals surface area contributed by atoms with Gasteiger partial charge in [-0.05, 0) is 26.2 Å². The fourth-order valence-electron chi connectivity index (χ4n) is 2.99. The van der Waals surface area contributed by atoms with Crippen molar-refractivity contribution >= 4 is 17.7 Å². The second-order valence-electron chi connectivity index (χ2n) is 5.96. The molecule has 3 rings (SSSR count). The molecule has 2 heterocycles. The molecule has 0 radical (unpaired) electrons. The summed E-state index contributed by atoms with van der Waals surface area (Å²) in [6, 6.07) is 10.1. The molecule has 0 aliphatic carbocycles. The molecule has 0 bridgehead atoms. The molecule has 1 aliphatic heterocycles. The van der Waals surface area contributed by atoms with Gasteiger partial charge in [-0.3, -0.25) is 4.79 Å². The molecular formula is C18H24N4OS. The van der Waals surface area contributed by atoms with Gasteiger partial charge in [-0.1, -0.05) is 42.1 Å². The van der Waals surface area contributed by atoms with E-state index in [4.69, 9.17) is 0 Å². The van der Waals surface area contributed by atoms with Gasteiger partial charge in [0.05, 0.1) is 0 Å². The Balaban J connectivity index is 1.54. The summed E-state index contributed by atoms with van der Waals surface area (Å²) in [5.74, 6) is 2.11. The highest BCUT2D eigenvalue weighted by atomic mass is 32.2. The molecule has 1 aromatic carbocycles. The van der Waals surface area contributed by atoms with Gasteiger partial charge < -0.3 is 9.47 Å². The van der Waals surface area contributed by atoms with Crippen LogP contribution >= 0.6 is 11.8 Å². The van der Waals surface area contributed by atoms with E-state index in [1.165, 1.54) is 0 Å². The molecule has 6 heteroatoms. The van der Waals surface area contributed by atoms with Gasteiger partial charge in [-0.15, -0.1) is 10.2 Å². The summed E-state index contributed by atoms with van der Waals surface area (Å²) < 4.78 is 2.14. The van der Waals surface area contributed by atoms with E-state index in [0.29, 0.717) is 12.3 Å². The number of rotatable bonds is 7. The Morgan fingerprint density at radius 3 is 2.62 bits per heavy atom. The molecule has 1 amide bonds. The highest BCUT2D eigenvalue weighted by molar-refractivity contribution is 7.99. The summed E-state index contributed by atoms with van der Waals surface area (Å²) in [5, 5.41) is 9.62. The van der Waals surface area contributed by atoms with Crippen molar-refractivity contribution in [2.24, 2.45) is 0 Å². The molecule has 1 aromatic heterocycles. The summed E-state index contributed by atoms with van der Waals surface area (Å²) in [6.45, 7) is 4.83. The Morgan fingerprint density at radius 1 is 1.17 bits per heavy atom. The number of amides is 1. The van der Waals surface area contributed by atoms with Crippen LogP contribution in [0.4, 0.5) is 0 Å². The zero-order valence-corrected chi connectivity index (χ0v) is 15.0. The van der Waals surface area contributed by atoms with E-state index >= 15 is 0 Å². The molecule has 0 atom stereocenters. The van der Waals surface area contributed by atoms with Crippen LogP contribution in [0.1, 0.15) is 32.6 Å². The van der Waals surface area contributed by atoms with E-state index in [9.17, 15) is 4.79 Å². The van der Waals surface area contributed by atoms with Crippen molar-refractivity contribution in [2.45, 2.75) is 44.3 Å². The number of carbonyl (C=O) groups excluding carboxylic acids is 1. The molecular weight excluding hydrogens is 320 g/mol. The van der Waals surface area contributed by atoms with Crippen LogP contribution in [0.3, 0.4) is 0 Å². The number of hydrogen-bond acceptors (Lipinski definition) is 4. The van der Waals surface area contributed by atoms with Gasteiger partial charge in [0.2, 0.25) is 5.91 Å². The van der Waals surface area contributed by atoms with Crippen molar-refractivity contribution in [1.29, 1.82) is 0 Å². The minimum atomic E-state index is 0.301. The van der Waals surface area contributed by atoms with Crippen LogP contribution < -0.4 is 0 Å². The van der Waals surface area contributed by atoms with Crippen LogP contribution in [-0.2, 0) is 11.3 Å². The molecule has 1 saturated heterocycles. The van der Waals surface area contributed by atoms with Crippen molar-refractivity contribution < 1.29 is 4.79 Å². The maximum absolute atomic E-state index is 12.1. The van der Waals surface area contributed by atoms with Crippen molar-refractivity contribution in [2.75, 3.05) is 18.8 Å². The molecule has 1 fully saturated rings. The lowest BCUT2D eigenvalue weighted by atomic mass is 10.2. The maximum atomic E-state index is 12.1. The number of likely N-dealkylation sites (tertiary alicyclic amines) is 1. The topological polar surface area (TPSA) is 51.0 Å². The average molecular weight is 344 g/mol. The Kier molecular flexibility index (Phi) is 5.91. The highest BCUT2D eigenvalue weighted by Gasteiger charge is 2.17. The number of benzene rings is 1. The van der Waals surface area contributed by atoms with E-state index in [1.54, 1.807) is 11.8 Å². The zero-order chi connectivity index (χ0) is 16.8. The first-order valence-corrected chi connectivity index (χ1v) is 9.67. The molecule has 0 spiro atoms. The van der Waals surface area contributed by atoms with Crippen LogP contribution in [0.5, 0.6) is 0 Å². The molecule has 0 saturated carbocycles. The Labute approximate surface area is 147 Å². The van der Waals surface area contributed by atoms with Crippen LogP contribution in [0.2, 0.25) is 0 Å². The van der Waals surface area contributed by atoms with E-state index in [0.717, 1.165) is 61.2 Å². The van der Waals surface area contributed by atoms with Crippen molar-refractivity contribution in [3.05, 3.63) is 30.3 Å². The summed E-state index contributed by atoms with van der Waals surface area (Å²) in [5.41, 5.74) is 1.09. The predicted octanol–water partition coefficient (Wildman–Crippen LogP) is 3.46. The van der Waals surface area contributed by atoms with E-state index < -0.39 is 0 Å². The first-order chi connectivity index (χ1) is 11.8. The second-order valence-corrected chi connectivity index (χ2v) is 7.02. The van der Waals surface area contributed by atoms with E-state index in [2.05, 4.69) is 33.8 Å². The van der Waals surface area contributed by atoms with Gasteiger partial charge in [0.1, 0.15) is 0 Å². The molecule has 2 aromatic rings. The van der Waals surface area contributed by atoms with Crippen molar-refractivity contribution in [3.8, 4) is 11.4 Å². The van der Waals surface area contributed by atoms with Crippen molar-refractivity contribution in [3.63, 3.8) is 0 Å². The lowest BCUT2D eigenvalue weighted by Crippen LogP contribution is -2.27. The number of aromatic nitrogens is 3. The normalized spacial score (nSPS) is 14.3. The van der Waals surface area contributed by atoms with Crippen LogP contribution in [0, 0.1) is 0 Å². The third-order valence-corrected chi connectivity index (χ3v) is 5.34. The maximum Gasteiger partial charge on any atom is 0.222 e. The fraction of sp³-hybridized carbons (Fsp3) is 0.500. The highest BCUT2D eigenvalue weighted by Crippen LogP contribution is 2.24. The van der Waals surface area contributed by atoms with Gasteiger partial charge in [0.15, 0.2) is 11.0 Å². The Morgan fingerprint density at radius 2 is 1.92 bits per heavy atom. The lowest BCUT2D eigenvalue weighted by molar-refractivity contribution is -0.130. The monoisotopic (exact) mass is 344 g/mol. The fourth-order valence-corrected chi connectivity index (χ4v) is 3.93. The average Bonchev–Trinajstić information content (AvgIpc) is 3.28. The smallest absolute Gasteiger partial charge is 0.222 e.